The summed E-state index contributed by atoms with van der Waals surface area (Å²) in [6.45, 7) is 12.7. The van der Waals surface area contributed by atoms with Gasteiger partial charge in [-0.3, -0.25) is 0 Å². The quantitative estimate of drug-likeness (QED) is 0.0635. The molecular weight excluding hydrogens is 846 g/mol. The Morgan fingerprint density at radius 2 is 1.11 bits per heavy atom. The fourth-order valence-electron chi connectivity index (χ4n) is 6.45. The second-order valence-corrected chi connectivity index (χ2v) is 15.8. The summed E-state index contributed by atoms with van der Waals surface area (Å²) in [6.07, 6.45) is -15.1. The Hall–Kier alpha value is -3.71. The Morgan fingerprint density at radius 1 is 0.632 bits per heavy atom. The first-order valence-electron chi connectivity index (χ1n) is 17.6. The summed E-state index contributed by atoms with van der Waals surface area (Å²) in [5, 5.41) is 0. The van der Waals surface area contributed by atoms with Gasteiger partial charge in [0.05, 0.1) is 28.1 Å². The van der Waals surface area contributed by atoms with Crippen LogP contribution in [0.2, 0.25) is 0 Å². The molecule has 0 aliphatic carbocycles. The van der Waals surface area contributed by atoms with Crippen LogP contribution in [0, 0.1) is 20.5 Å². The zero-order valence-electron chi connectivity index (χ0n) is 31.7. The van der Waals surface area contributed by atoms with Gasteiger partial charge in [-0.1, -0.05) is 87.9 Å². The molecule has 0 unspecified atom stereocenters. The van der Waals surface area contributed by atoms with Crippen molar-refractivity contribution in [1.82, 2.24) is 9.80 Å². The SMILES string of the molecule is Cc1cc(C)c(N=C(c2cc(C(F)(F)F)cc(C(F)(F)F)c2)N2[CH-]N(C(=Nc3c(C(C)C)cccc3C(C)C)c3ccccc3)CCC2)c(C(F)(F)F)c1.[Cl][Fe+][Cl]. The second-order valence-electron chi connectivity index (χ2n) is 14.0. The predicted molar refractivity (Wildman–Crippen MR) is 205 cm³/mol. The number of aliphatic imine (C=N–C) groups is 2. The van der Waals surface area contributed by atoms with E-state index < -0.39 is 52.3 Å². The minimum absolute atomic E-state index is 0.0150. The number of hydrogen-bond acceptors (Lipinski definition) is 2. The number of para-hydroxylation sites is 1. The molecule has 4 aromatic carbocycles. The first-order chi connectivity index (χ1) is 26.6. The van der Waals surface area contributed by atoms with Gasteiger partial charge in [-0.05, 0) is 86.1 Å². The molecule has 309 valence electrons. The molecule has 16 heteroatoms. The summed E-state index contributed by atoms with van der Waals surface area (Å²) < 4.78 is 128. The Balaban J connectivity index is 0.00000232. The number of benzene rings is 4. The minimum atomic E-state index is -5.21. The van der Waals surface area contributed by atoms with Crippen molar-refractivity contribution in [1.29, 1.82) is 0 Å². The van der Waals surface area contributed by atoms with E-state index in [1.807, 2.05) is 64.1 Å². The zero-order valence-corrected chi connectivity index (χ0v) is 34.3. The molecule has 0 N–H and O–H groups in total. The predicted octanol–water partition coefficient (Wildman–Crippen LogP) is 14.0. The number of alkyl halides is 9. The third-order valence-electron chi connectivity index (χ3n) is 9.03. The third-order valence-corrected chi connectivity index (χ3v) is 9.03. The van der Waals surface area contributed by atoms with Crippen molar-refractivity contribution in [3.8, 4) is 0 Å². The van der Waals surface area contributed by atoms with Gasteiger partial charge in [0.1, 0.15) is 11.7 Å². The molecule has 0 spiro atoms. The maximum absolute atomic E-state index is 14.5. The van der Waals surface area contributed by atoms with Crippen LogP contribution >= 0.6 is 20.2 Å². The van der Waals surface area contributed by atoms with Crippen molar-refractivity contribution < 1.29 is 52.6 Å². The molecule has 0 aromatic heterocycles. The van der Waals surface area contributed by atoms with Gasteiger partial charge in [0.25, 0.3) is 0 Å². The van der Waals surface area contributed by atoms with E-state index in [-0.39, 0.29) is 48.7 Å². The van der Waals surface area contributed by atoms with Crippen LogP contribution in [0.3, 0.4) is 0 Å². The standard InChI is InChI=1S/C41H40F9N4.2ClH.Fe/c1-24(2)32-14-10-15-33(25(3)4)36(32)52-37(28-12-8-7-9-13-28)53-16-11-17-54(23-53)38(51-35-27(6)18-26(5)19-34(35)41(48,49)50)29-20-30(39(42,43)44)22-31(21-29)40(45,46)47;;;/h7-10,12-15,18-25H,11,16-17H2,1-6H3;2*1H;/q-1;;;+3/p-2. The Morgan fingerprint density at radius 3 is 1.56 bits per heavy atom. The maximum atomic E-state index is 14.5. The van der Waals surface area contributed by atoms with Crippen LogP contribution in [0.25, 0.3) is 0 Å². The van der Waals surface area contributed by atoms with E-state index in [0.29, 0.717) is 36.5 Å². The van der Waals surface area contributed by atoms with Crippen LogP contribution < -0.4 is 0 Å². The molecule has 0 amide bonds. The second kappa shape index (κ2) is 18.9. The van der Waals surface area contributed by atoms with E-state index in [1.165, 1.54) is 31.5 Å². The van der Waals surface area contributed by atoms with Crippen LogP contribution in [-0.2, 0) is 31.7 Å². The van der Waals surface area contributed by atoms with Gasteiger partial charge < -0.3 is 9.80 Å². The molecule has 1 saturated heterocycles. The molecule has 0 atom stereocenters. The van der Waals surface area contributed by atoms with E-state index in [1.54, 1.807) is 17.0 Å². The van der Waals surface area contributed by atoms with E-state index in [0.717, 1.165) is 22.9 Å². The number of aryl methyl sites for hydroxylation is 2. The normalized spacial score (nSPS) is 14.6. The molecule has 0 saturated carbocycles. The number of rotatable bonds is 6. The fourth-order valence-corrected chi connectivity index (χ4v) is 6.45. The summed E-state index contributed by atoms with van der Waals surface area (Å²) in [7, 11) is 9.53. The molecule has 0 bridgehead atoms. The van der Waals surface area contributed by atoms with Crippen LogP contribution in [0.15, 0.2) is 88.8 Å². The van der Waals surface area contributed by atoms with Crippen molar-refractivity contribution in [2.75, 3.05) is 13.1 Å². The summed E-state index contributed by atoms with van der Waals surface area (Å²) in [6, 6.07) is 18.2. The molecule has 1 aliphatic heterocycles. The number of nitrogens with zero attached hydrogens (tertiary/aromatic N) is 4. The van der Waals surface area contributed by atoms with Crippen LogP contribution in [0.4, 0.5) is 50.9 Å². The molecule has 57 heavy (non-hydrogen) atoms. The van der Waals surface area contributed by atoms with E-state index >= 15 is 0 Å². The molecule has 1 fully saturated rings. The fraction of sp³-hybridized carbons (Fsp3) is 0.341. The summed E-state index contributed by atoms with van der Waals surface area (Å²) >= 11 is 0.194. The van der Waals surface area contributed by atoms with Gasteiger partial charge >= 0.3 is 51.9 Å². The zero-order chi connectivity index (χ0) is 42.5. The van der Waals surface area contributed by atoms with Gasteiger partial charge in [-0.15, -0.1) is 0 Å². The van der Waals surface area contributed by atoms with Gasteiger partial charge in [-0.2, -0.15) is 46.2 Å². The van der Waals surface area contributed by atoms with Crippen molar-refractivity contribution >= 4 is 43.2 Å². The molecule has 0 radical (unpaired) electrons. The molecule has 4 nitrogen and oxygen atoms in total. The number of halogens is 11. The average Bonchev–Trinajstić information content (AvgIpc) is 3.12. The monoisotopic (exact) mass is 885 g/mol. The van der Waals surface area contributed by atoms with Crippen molar-refractivity contribution in [3.63, 3.8) is 0 Å². The van der Waals surface area contributed by atoms with Gasteiger partial charge in [0.15, 0.2) is 0 Å². The van der Waals surface area contributed by atoms with E-state index in [2.05, 4.69) is 4.99 Å². The topological polar surface area (TPSA) is 31.2 Å². The van der Waals surface area contributed by atoms with Crippen LogP contribution in [0.5, 0.6) is 0 Å². The Bertz CT molecular complexity index is 2000. The Labute approximate surface area is 341 Å². The molecular formula is C41H40Cl2F9FeN4. The molecule has 5 rings (SSSR count). The van der Waals surface area contributed by atoms with Gasteiger partial charge in [-0.25, -0.2) is 9.98 Å². The number of hydrogen-bond donors (Lipinski definition) is 0. The van der Waals surface area contributed by atoms with Gasteiger partial charge in [0, 0.05) is 11.1 Å². The van der Waals surface area contributed by atoms with E-state index in [9.17, 15) is 39.5 Å². The van der Waals surface area contributed by atoms with Crippen molar-refractivity contribution in [2.45, 2.75) is 78.3 Å². The first-order valence-corrected chi connectivity index (χ1v) is 20.7. The summed E-state index contributed by atoms with van der Waals surface area (Å²) in [5.41, 5.74) is -2.10. The van der Waals surface area contributed by atoms with Crippen molar-refractivity contribution in [2.24, 2.45) is 9.98 Å². The van der Waals surface area contributed by atoms with E-state index in [4.69, 9.17) is 25.2 Å². The van der Waals surface area contributed by atoms with Gasteiger partial charge in [0.2, 0.25) is 0 Å². The summed E-state index contributed by atoms with van der Waals surface area (Å²) in [5.74, 6) is 0.0532. The number of amidine groups is 2. The van der Waals surface area contributed by atoms with Crippen LogP contribution in [-0.4, -0.2) is 34.6 Å². The first kappa shape index (κ1) is 46.0. The summed E-state index contributed by atoms with van der Waals surface area (Å²) in [4.78, 5) is 12.5. The average molecular weight is 887 g/mol. The van der Waals surface area contributed by atoms with Crippen LogP contribution in [0.1, 0.15) is 96.0 Å². The Kier molecular flexibility index (Phi) is 15.3. The molecule has 4 aromatic rings. The molecule has 1 heterocycles. The molecule has 1 aliphatic rings. The third kappa shape index (κ3) is 11.7. The van der Waals surface area contributed by atoms with Crippen molar-refractivity contribution in [3.05, 3.63) is 136 Å².